The minimum atomic E-state index is 0.874. The van der Waals surface area contributed by atoms with Crippen molar-refractivity contribution in [3.63, 3.8) is 0 Å². The molecule has 2 aromatic heterocycles. The van der Waals surface area contributed by atoms with Crippen LogP contribution in [0.1, 0.15) is 0 Å². The van der Waals surface area contributed by atoms with Gasteiger partial charge in [-0.3, -0.25) is 0 Å². The van der Waals surface area contributed by atoms with Gasteiger partial charge < -0.3 is 13.7 Å². The predicted octanol–water partition coefficient (Wildman–Crippen LogP) is 16.8. The molecular formula is C58H37NO2. The molecular weight excluding hydrogens is 743 g/mol. The Bertz CT molecular complexity index is 3590. The maximum atomic E-state index is 6.47. The van der Waals surface area contributed by atoms with Gasteiger partial charge in [-0.05, 0) is 92.7 Å². The third kappa shape index (κ3) is 5.82. The minimum absolute atomic E-state index is 0.874. The first kappa shape index (κ1) is 34.9. The molecule has 0 aliphatic rings. The fourth-order valence-corrected chi connectivity index (χ4v) is 9.31. The highest BCUT2D eigenvalue weighted by Crippen LogP contribution is 2.46. The Morgan fingerprint density at radius 1 is 0.279 bits per heavy atom. The van der Waals surface area contributed by atoms with Gasteiger partial charge in [0.25, 0.3) is 0 Å². The Morgan fingerprint density at radius 2 is 0.770 bits per heavy atom. The Kier molecular flexibility index (Phi) is 8.17. The fourth-order valence-electron chi connectivity index (χ4n) is 9.31. The fraction of sp³-hybridized carbons (Fsp3) is 0. The Balaban J connectivity index is 1.01. The Morgan fingerprint density at radius 3 is 1.56 bits per heavy atom. The largest absolute Gasteiger partial charge is 0.456 e. The summed E-state index contributed by atoms with van der Waals surface area (Å²) in [7, 11) is 0. The van der Waals surface area contributed by atoms with Gasteiger partial charge in [0.05, 0.1) is 5.69 Å². The summed E-state index contributed by atoms with van der Waals surface area (Å²) in [5, 5.41) is 6.95. The van der Waals surface area contributed by atoms with Gasteiger partial charge in [0.15, 0.2) is 0 Å². The van der Waals surface area contributed by atoms with Gasteiger partial charge in [-0.2, -0.15) is 0 Å². The van der Waals surface area contributed by atoms with E-state index in [4.69, 9.17) is 8.83 Å². The zero-order chi connectivity index (χ0) is 40.3. The molecule has 0 bridgehead atoms. The van der Waals surface area contributed by atoms with Crippen molar-refractivity contribution in [1.82, 2.24) is 0 Å². The van der Waals surface area contributed by atoms with Crippen molar-refractivity contribution in [1.29, 1.82) is 0 Å². The second-order valence-electron chi connectivity index (χ2n) is 15.6. The summed E-state index contributed by atoms with van der Waals surface area (Å²) in [4.78, 5) is 2.38. The predicted molar refractivity (Wildman–Crippen MR) is 255 cm³/mol. The average Bonchev–Trinajstić information content (AvgIpc) is 3.91. The third-order valence-corrected chi connectivity index (χ3v) is 12.1. The maximum Gasteiger partial charge on any atom is 0.143 e. The lowest BCUT2D eigenvalue weighted by Gasteiger charge is -2.28. The van der Waals surface area contributed by atoms with Gasteiger partial charge >= 0.3 is 0 Å². The maximum absolute atomic E-state index is 6.47. The van der Waals surface area contributed by atoms with E-state index in [-0.39, 0.29) is 0 Å². The quantitative estimate of drug-likeness (QED) is 0.161. The summed E-state index contributed by atoms with van der Waals surface area (Å²) in [5.41, 5.74) is 15.9. The molecule has 0 fully saturated rings. The van der Waals surface area contributed by atoms with E-state index in [0.717, 1.165) is 88.8 Å². The van der Waals surface area contributed by atoms with Crippen LogP contribution in [0.2, 0.25) is 0 Å². The van der Waals surface area contributed by atoms with Gasteiger partial charge in [0, 0.05) is 44.0 Å². The van der Waals surface area contributed by atoms with E-state index in [1.807, 2.05) is 24.3 Å². The number of fused-ring (bicyclic) bond motifs is 7. The molecule has 0 amide bonds. The number of anilines is 3. The van der Waals surface area contributed by atoms with Crippen LogP contribution in [0.5, 0.6) is 0 Å². The highest BCUT2D eigenvalue weighted by molar-refractivity contribution is 6.14. The number of rotatable bonds is 7. The number of hydrogen-bond donors (Lipinski definition) is 0. The summed E-state index contributed by atoms with van der Waals surface area (Å²) in [6.07, 6.45) is 0. The summed E-state index contributed by atoms with van der Waals surface area (Å²) in [6.45, 7) is 0. The van der Waals surface area contributed by atoms with Crippen LogP contribution in [0.4, 0.5) is 17.1 Å². The number of hydrogen-bond acceptors (Lipinski definition) is 3. The van der Waals surface area contributed by atoms with Gasteiger partial charge in [0.1, 0.15) is 22.3 Å². The van der Waals surface area contributed by atoms with Crippen LogP contribution < -0.4 is 4.90 Å². The molecule has 0 spiro atoms. The first-order chi connectivity index (χ1) is 30.3. The smallest absolute Gasteiger partial charge is 0.143 e. The summed E-state index contributed by atoms with van der Waals surface area (Å²) in [5.74, 6) is 0. The molecule has 12 rings (SSSR count). The standard InChI is InChI=1S/C58H37NO2/c1-2-16-43-38(14-1)15-11-23-47(43)46-18-4-3-17-44(46)39-30-34-41(35-31-39)59(42-36-32-40(33-37-42)45-22-12-25-51-49-20-6-9-27-54(49)61-58(45)51)53-26-8-5-19-48(53)50-24-13-29-56-57(50)52-21-7-10-28-55(52)60-56/h1-37H. The number of benzene rings is 10. The summed E-state index contributed by atoms with van der Waals surface area (Å²) < 4.78 is 12.9. The highest BCUT2D eigenvalue weighted by atomic mass is 16.3. The van der Waals surface area contributed by atoms with E-state index in [0.29, 0.717) is 0 Å². The molecule has 12 aromatic rings. The molecule has 0 saturated carbocycles. The summed E-state index contributed by atoms with van der Waals surface area (Å²) >= 11 is 0. The van der Waals surface area contributed by atoms with Crippen molar-refractivity contribution in [3.05, 3.63) is 224 Å². The molecule has 3 heteroatoms. The number of furan rings is 2. The molecule has 0 aliphatic carbocycles. The Labute approximate surface area is 353 Å². The lowest BCUT2D eigenvalue weighted by molar-refractivity contribution is 0.669. The molecule has 61 heavy (non-hydrogen) atoms. The van der Waals surface area contributed by atoms with Gasteiger partial charge in [-0.1, -0.05) is 176 Å². The minimum Gasteiger partial charge on any atom is -0.456 e. The van der Waals surface area contributed by atoms with Crippen molar-refractivity contribution in [3.8, 4) is 44.5 Å². The Hall–Kier alpha value is -8.14. The van der Waals surface area contributed by atoms with Crippen LogP contribution in [0.25, 0.3) is 99.2 Å². The average molecular weight is 780 g/mol. The molecule has 3 nitrogen and oxygen atoms in total. The van der Waals surface area contributed by atoms with Crippen molar-refractivity contribution >= 4 is 71.7 Å². The molecule has 0 unspecified atom stereocenters. The summed E-state index contributed by atoms with van der Waals surface area (Å²) in [6, 6.07) is 79.9. The second kappa shape index (κ2) is 14.3. The van der Waals surface area contributed by atoms with Crippen molar-refractivity contribution in [2.24, 2.45) is 0 Å². The number of para-hydroxylation sites is 4. The zero-order valence-corrected chi connectivity index (χ0v) is 33.1. The highest BCUT2D eigenvalue weighted by Gasteiger charge is 2.21. The zero-order valence-electron chi connectivity index (χ0n) is 33.1. The van der Waals surface area contributed by atoms with E-state index in [1.165, 1.54) is 27.5 Å². The SMILES string of the molecule is c1ccc(-c2cccc3ccccc23)c(-c2ccc(N(c3ccc(-c4cccc5c4oc4ccccc45)cc3)c3ccccc3-c3cccc4oc5ccccc5c34)cc2)c1. The van der Waals surface area contributed by atoms with Crippen LogP contribution in [0.3, 0.4) is 0 Å². The lowest BCUT2D eigenvalue weighted by atomic mass is 9.91. The van der Waals surface area contributed by atoms with E-state index >= 15 is 0 Å². The molecule has 0 N–H and O–H groups in total. The normalized spacial score (nSPS) is 11.6. The van der Waals surface area contributed by atoms with E-state index in [9.17, 15) is 0 Å². The van der Waals surface area contributed by atoms with Crippen molar-refractivity contribution in [2.75, 3.05) is 4.90 Å². The van der Waals surface area contributed by atoms with Crippen LogP contribution in [0, 0.1) is 0 Å². The molecule has 0 saturated heterocycles. The van der Waals surface area contributed by atoms with Gasteiger partial charge in [-0.15, -0.1) is 0 Å². The first-order valence-corrected chi connectivity index (χ1v) is 20.7. The lowest BCUT2D eigenvalue weighted by Crippen LogP contribution is -2.11. The monoisotopic (exact) mass is 779 g/mol. The second-order valence-corrected chi connectivity index (χ2v) is 15.6. The first-order valence-electron chi connectivity index (χ1n) is 20.7. The van der Waals surface area contributed by atoms with E-state index in [2.05, 4.69) is 205 Å². The van der Waals surface area contributed by atoms with Crippen LogP contribution >= 0.6 is 0 Å². The van der Waals surface area contributed by atoms with Crippen LogP contribution in [-0.2, 0) is 0 Å². The molecule has 10 aromatic carbocycles. The van der Waals surface area contributed by atoms with E-state index < -0.39 is 0 Å². The van der Waals surface area contributed by atoms with Crippen LogP contribution in [0.15, 0.2) is 233 Å². The van der Waals surface area contributed by atoms with E-state index in [1.54, 1.807) is 0 Å². The molecule has 2 heterocycles. The van der Waals surface area contributed by atoms with Gasteiger partial charge in [0.2, 0.25) is 0 Å². The van der Waals surface area contributed by atoms with Gasteiger partial charge in [-0.25, -0.2) is 0 Å². The van der Waals surface area contributed by atoms with Crippen molar-refractivity contribution in [2.45, 2.75) is 0 Å². The third-order valence-electron chi connectivity index (χ3n) is 12.1. The molecule has 0 aliphatic heterocycles. The van der Waals surface area contributed by atoms with Crippen LogP contribution in [-0.4, -0.2) is 0 Å². The van der Waals surface area contributed by atoms with Crippen molar-refractivity contribution < 1.29 is 8.83 Å². The number of nitrogens with zero attached hydrogens (tertiary/aromatic N) is 1. The molecule has 0 radical (unpaired) electrons. The molecule has 0 atom stereocenters. The molecule has 286 valence electrons. The topological polar surface area (TPSA) is 29.5 Å².